The predicted octanol–water partition coefficient (Wildman–Crippen LogP) is 3.05. The lowest BCUT2D eigenvalue weighted by molar-refractivity contribution is -0.159. The van der Waals surface area contributed by atoms with Gasteiger partial charge in [-0.3, -0.25) is 9.48 Å². The summed E-state index contributed by atoms with van der Waals surface area (Å²) in [4.78, 5) is 14.9. The highest BCUT2D eigenvalue weighted by atomic mass is 19.4. The standard InChI is InChI=1S/C17H16F3N5O2/c1-2-3-13-12(14(21)26)9-25(23-13)8-10-4-6-11(7-5-10)15-22-16(27-24-15)17(18,19)20/h4-7,9H,2-3,8H2,1H3,(H2,21,26). The van der Waals surface area contributed by atoms with Gasteiger partial charge < -0.3 is 10.3 Å². The molecule has 0 radical (unpaired) electrons. The lowest BCUT2D eigenvalue weighted by Gasteiger charge is -2.03. The van der Waals surface area contributed by atoms with Gasteiger partial charge in [-0.25, -0.2) is 0 Å². The molecule has 0 bridgehead atoms. The molecule has 2 N–H and O–H groups in total. The molecule has 142 valence electrons. The number of amides is 1. The van der Waals surface area contributed by atoms with Gasteiger partial charge in [0.1, 0.15) is 0 Å². The second-order valence-electron chi connectivity index (χ2n) is 5.92. The normalized spacial score (nSPS) is 11.7. The van der Waals surface area contributed by atoms with Crippen LogP contribution < -0.4 is 5.73 Å². The number of halogens is 3. The van der Waals surface area contributed by atoms with Crippen LogP contribution in [-0.4, -0.2) is 25.8 Å². The number of rotatable bonds is 6. The first-order valence-corrected chi connectivity index (χ1v) is 8.14. The summed E-state index contributed by atoms with van der Waals surface area (Å²) in [7, 11) is 0. The number of primary amides is 1. The topological polar surface area (TPSA) is 99.8 Å². The van der Waals surface area contributed by atoms with Gasteiger partial charge in [-0.15, -0.1) is 0 Å². The molecule has 0 unspecified atom stereocenters. The van der Waals surface area contributed by atoms with Gasteiger partial charge in [-0.05, 0) is 12.0 Å². The van der Waals surface area contributed by atoms with Crippen LogP contribution in [-0.2, 0) is 19.1 Å². The van der Waals surface area contributed by atoms with E-state index in [4.69, 9.17) is 5.73 Å². The molecule has 0 aliphatic rings. The van der Waals surface area contributed by atoms with Gasteiger partial charge in [0, 0.05) is 11.8 Å². The Kier molecular flexibility index (Phi) is 4.98. The van der Waals surface area contributed by atoms with E-state index in [-0.39, 0.29) is 5.82 Å². The van der Waals surface area contributed by atoms with Crippen molar-refractivity contribution in [1.82, 2.24) is 19.9 Å². The Morgan fingerprint density at radius 3 is 2.52 bits per heavy atom. The minimum atomic E-state index is -4.68. The molecule has 1 aromatic carbocycles. The minimum Gasteiger partial charge on any atom is -0.365 e. The monoisotopic (exact) mass is 379 g/mol. The molecule has 3 aromatic rings. The number of aryl methyl sites for hydroxylation is 1. The number of aromatic nitrogens is 4. The smallest absolute Gasteiger partial charge is 0.365 e. The molecule has 2 aromatic heterocycles. The number of carbonyl (C=O) groups is 1. The summed E-state index contributed by atoms with van der Waals surface area (Å²) < 4.78 is 43.4. The molecule has 7 nitrogen and oxygen atoms in total. The highest BCUT2D eigenvalue weighted by Crippen LogP contribution is 2.29. The number of alkyl halides is 3. The third-order valence-electron chi connectivity index (χ3n) is 3.82. The van der Waals surface area contributed by atoms with Crippen molar-refractivity contribution in [3.63, 3.8) is 0 Å². The Morgan fingerprint density at radius 1 is 1.26 bits per heavy atom. The van der Waals surface area contributed by atoms with E-state index in [2.05, 4.69) is 19.8 Å². The van der Waals surface area contributed by atoms with Gasteiger partial charge in [-0.1, -0.05) is 42.8 Å². The summed E-state index contributed by atoms with van der Waals surface area (Å²) in [5.41, 5.74) is 7.63. The van der Waals surface area contributed by atoms with Crippen molar-refractivity contribution >= 4 is 5.91 Å². The fourth-order valence-electron chi connectivity index (χ4n) is 2.57. The van der Waals surface area contributed by atoms with Crippen LogP contribution in [0.2, 0.25) is 0 Å². The molecule has 0 saturated carbocycles. The molecule has 0 spiro atoms. The van der Waals surface area contributed by atoms with E-state index in [1.807, 2.05) is 6.92 Å². The van der Waals surface area contributed by atoms with E-state index in [9.17, 15) is 18.0 Å². The highest BCUT2D eigenvalue weighted by molar-refractivity contribution is 5.93. The Labute approximate surface area is 152 Å². The number of hydrogen-bond acceptors (Lipinski definition) is 5. The highest BCUT2D eigenvalue weighted by Gasteiger charge is 2.38. The maximum absolute atomic E-state index is 12.5. The Bertz CT molecular complexity index is 944. The van der Waals surface area contributed by atoms with E-state index in [0.717, 1.165) is 12.0 Å². The van der Waals surface area contributed by atoms with Crippen LogP contribution in [0.15, 0.2) is 35.0 Å². The number of benzene rings is 1. The van der Waals surface area contributed by atoms with Crippen LogP contribution >= 0.6 is 0 Å². The summed E-state index contributed by atoms with van der Waals surface area (Å²) in [6, 6.07) is 6.60. The lowest BCUT2D eigenvalue weighted by Crippen LogP contribution is -2.12. The van der Waals surface area contributed by atoms with Gasteiger partial charge >= 0.3 is 12.1 Å². The van der Waals surface area contributed by atoms with E-state index in [1.165, 1.54) is 0 Å². The number of hydrogen-bond donors (Lipinski definition) is 1. The molecule has 0 saturated heterocycles. The van der Waals surface area contributed by atoms with Gasteiger partial charge in [0.2, 0.25) is 5.82 Å². The van der Waals surface area contributed by atoms with E-state index in [1.54, 1.807) is 35.1 Å². The van der Waals surface area contributed by atoms with Crippen molar-refractivity contribution in [2.45, 2.75) is 32.5 Å². The molecular weight excluding hydrogens is 363 g/mol. The maximum Gasteiger partial charge on any atom is 0.471 e. The van der Waals surface area contributed by atoms with E-state index >= 15 is 0 Å². The van der Waals surface area contributed by atoms with Crippen LogP contribution in [0.4, 0.5) is 13.2 Å². The van der Waals surface area contributed by atoms with Crippen molar-refractivity contribution in [2.75, 3.05) is 0 Å². The van der Waals surface area contributed by atoms with Crippen LogP contribution in [0.3, 0.4) is 0 Å². The fraction of sp³-hybridized carbons (Fsp3) is 0.294. The fourth-order valence-corrected chi connectivity index (χ4v) is 2.57. The Morgan fingerprint density at radius 2 is 1.96 bits per heavy atom. The summed E-state index contributed by atoms with van der Waals surface area (Å²) in [5.74, 6) is -2.06. The van der Waals surface area contributed by atoms with Gasteiger partial charge in [0.15, 0.2) is 0 Å². The van der Waals surface area contributed by atoms with Gasteiger partial charge in [0.05, 0.1) is 17.8 Å². The molecule has 27 heavy (non-hydrogen) atoms. The molecule has 10 heteroatoms. The van der Waals surface area contributed by atoms with Crippen LogP contribution in [0.5, 0.6) is 0 Å². The first-order chi connectivity index (χ1) is 12.8. The minimum absolute atomic E-state index is 0.144. The zero-order valence-corrected chi connectivity index (χ0v) is 14.3. The number of carbonyl (C=O) groups excluding carboxylic acids is 1. The Hall–Kier alpha value is -3.17. The van der Waals surface area contributed by atoms with Gasteiger partial charge in [0.25, 0.3) is 5.91 Å². The van der Waals surface area contributed by atoms with Crippen LogP contribution in [0.25, 0.3) is 11.4 Å². The number of nitrogens with zero attached hydrogens (tertiary/aromatic N) is 4. The van der Waals surface area contributed by atoms with E-state index in [0.29, 0.717) is 29.8 Å². The molecule has 2 heterocycles. The summed E-state index contributed by atoms with van der Waals surface area (Å²) >= 11 is 0. The Balaban J connectivity index is 1.77. The molecular formula is C17H16F3N5O2. The first-order valence-electron chi connectivity index (χ1n) is 8.14. The SMILES string of the molecule is CCCc1nn(Cc2ccc(-c3noc(C(F)(F)F)n3)cc2)cc1C(N)=O. The third-order valence-corrected chi connectivity index (χ3v) is 3.82. The molecule has 3 rings (SSSR count). The molecule has 1 amide bonds. The van der Waals surface area contributed by atoms with Crippen molar-refractivity contribution in [1.29, 1.82) is 0 Å². The zero-order valence-electron chi connectivity index (χ0n) is 14.3. The second kappa shape index (κ2) is 7.22. The molecule has 0 aliphatic carbocycles. The van der Waals surface area contributed by atoms with Crippen molar-refractivity contribution in [3.05, 3.63) is 53.2 Å². The maximum atomic E-state index is 12.5. The van der Waals surface area contributed by atoms with Crippen molar-refractivity contribution < 1.29 is 22.5 Å². The predicted molar refractivity (Wildman–Crippen MR) is 88.6 cm³/mol. The summed E-state index contributed by atoms with van der Waals surface area (Å²) in [6.07, 6.45) is -1.62. The van der Waals surface area contributed by atoms with Crippen LogP contribution in [0, 0.1) is 0 Å². The first kappa shape index (κ1) is 18.6. The van der Waals surface area contributed by atoms with Crippen molar-refractivity contribution in [2.24, 2.45) is 5.73 Å². The van der Waals surface area contributed by atoms with Gasteiger partial charge in [-0.2, -0.15) is 23.3 Å². The zero-order chi connectivity index (χ0) is 19.6. The van der Waals surface area contributed by atoms with E-state index < -0.39 is 18.0 Å². The number of nitrogens with two attached hydrogens (primary N) is 1. The third kappa shape index (κ3) is 4.15. The molecule has 0 aliphatic heterocycles. The summed E-state index contributed by atoms with van der Waals surface area (Å²) in [6.45, 7) is 2.36. The van der Waals surface area contributed by atoms with Crippen LogP contribution in [0.1, 0.15) is 40.9 Å². The molecule has 0 atom stereocenters. The second-order valence-corrected chi connectivity index (χ2v) is 5.92. The van der Waals surface area contributed by atoms with Crippen molar-refractivity contribution in [3.8, 4) is 11.4 Å². The lowest BCUT2D eigenvalue weighted by atomic mass is 10.1. The quantitative estimate of drug-likeness (QED) is 0.710. The summed E-state index contributed by atoms with van der Waals surface area (Å²) in [5, 5.41) is 7.72. The molecule has 0 fully saturated rings. The average molecular weight is 379 g/mol. The largest absolute Gasteiger partial charge is 0.471 e. The average Bonchev–Trinajstić information content (AvgIpc) is 3.23.